The van der Waals surface area contributed by atoms with Crippen LogP contribution >= 0.6 is 0 Å². The molecule has 1 nitrogen and oxygen atoms in total. The van der Waals surface area contributed by atoms with Gasteiger partial charge in [-0.3, -0.25) is 0 Å². The molecule has 0 spiro atoms. The van der Waals surface area contributed by atoms with E-state index in [2.05, 4.69) is 19.9 Å². The summed E-state index contributed by atoms with van der Waals surface area (Å²) in [5, 5.41) is 0. The van der Waals surface area contributed by atoms with Gasteiger partial charge in [-0.1, -0.05) is 42.5 Å². The van der Waals surface area contributed by atoms with Gasteiger partial charge < -0.3 is 4.74 Å². The Hall–Kier alpha value is -2.02. The highest BCUT2D eigenvalue weighted by Crippen LogP contribution is 2.20. The number of rotatable bonds is 3. The number of hydrogen-bond donors (Lipinski definition) is 0. The van der Waals surface area contributed by atoms with Crippen molar-refractivity contribution >= 4 is 6.08 Å². The van der Waals surface area contributed by atoms with Gasteiger partial charge in [0.2, 0.25) is 0 Å². The predicted molar refractivity (Wildman–Crippen MR) is 72.0 cm³/mol. The molecule has 0 atom stereocenters. The second kappa shape index (κ2) is 5.35. The molecule has 0 saturated heterocycles. The minimum Gasteiger partial charge on any atom is -0.465 e. The summed E-state index contributed by atoms with van der Waals surface area (Å²) >= 11 is 0. The van der Waals surface area contributed by atoms with E-state index in [1.54, 1.807) is 6.26 Å². The molecule has 2 aromatic carbocycles. The SMILES string of the molecule is Cc1cccc(OC=Cc2ccccc2)c1C. The minimum absolute atomic E-state index is 0.914. The molecule has 0 N–H and O–H groups in total. The molecule has 86 valence electrons. The summed E-state index contributed by atoms with van der Waals surface area (Å²) in [7, 11) is 0. The fourth-order valence-corrected chi connectivity index (χ4v) is 1.60. The quantitative estimate of drug-likeness (QED) is 0.704. The Labute approximate surface area is 102 Å². The topological polar surface area (TPSA) is 9.23 Å². The lowest BCUT2D eigenvalue weighted by Crippen LogP contribution is -1.88. The zero-order chi connectivity index (χ0) is 12.1. The van der Waals surface area contributed by atoms with Crippen LogP contribution in [0.5, 0.6) is 5.75 Å². The van der Waals surface area contributed by atoms with Crippen molar-refractivity contribution in [1.29, 1.82) is 0 Å². The molecule has 2 rings (SSSR count). The number of hydrogen-bond acceptors (Lipinski definition) is 1. The van der Waals surface area contributed by atoms with Crippen LogP contribution in [0.15, 0.2) is 54.8 Å². The normalized spacial score (nSPS) is 10.7. The summed E-state index contributed by atoms with van der Waals surface area (Å²) in [6, 6.07) is 16.2. The van der Waals surface area contributed by atoms with Crippen LogP contribution in [0.1, 0.15) is 16.7 Å². The highest BCUT2D eigenvalue weighted by molar-refractivity contribution is 5.48. The first-order valence-electron chi connectivity index (χ1n) is 5.72. The number of benzene rings is 2. The van der Waals surface area contributed by atoms with Crippen LogP contribution in [0.2, 0.25) is 0 Å². The van der Waals surface area contributed by atoms with Crippen molar-refractivity contribution in [3.05, 3.63) is 71.5 Å². The average Bonchev–Trinajstić information content (AvgIpc) is 2.36. The fraction of sp³-hybridized carbons (Fsp3) is 0.125. The third kappa shape index (κ3) is 2.97. The third-order valence-corrected chi connectivity index (χ3v) is 2.81. The Kier molecular flexibility index (Phi) is 3.61. The first-order valence-corrected chi connectivity index (χ1v) is 5.72. The molecule has 0 heterocycles. The van der Waals surface area contributed by atoms with Crippen LogP contribution in [-0.2, 0) is 0 Å². The lowest BCUT2D eigenvalue weighted by molar-refractivity contribution is 0.481. The summed E-state index contributed by atoms with van der Waals surface area (Å²) in [6.07, 6.45) is 3.69. The van der Waals surface area contributed by atoms with Crippen LogP contribution in [0, 0.1) is 13.8 Å². The second-order valence-corrected chi connectivity index (χ2v) is 4.03. The third-order valence-electron chi connectivity index (χ3n) is 2.81. The lowest BCUT2D eigenvalue weighted by Gasteiger charge is -2.06. The fourth-order valence-electron chi connectivity index (χ4n) is 1.60. The van der Waals surface area contributed by atoms with Gasteiger partial charge in [-0.2, -0.15) is 0 Å². The van der Waals surface area contributed by atoms with E-state index in [9.17, 15) is 0 Å². The van der Waals surface area contributed by atoms with Gasteiger partial charge in [0.25, 0.3) is 0 Å². The zero-order valence-electron chi connectivity index (χ0n) is 10.2. The molecule has 0 bridgehead atoms. The van der Waals surface area contributed by atoms with Crippen molar-refractivity contribution in [3.8, 4) is 5.75 Å². The van der Waals surface area contributed by atoms with E-state index in [1.807, 2.05) is 48.5 Å². The molecule has 0 aliphatic heterocycles. The molecule has 17 heavy (non-hydrogen) atoms. The summed E-state index contributed by atoms with van der Waals surface area (Å²) < 4.78 is 5.64. The van der Waals surface area contributed by atoms with Crippen molar-refractivity contribution in [1.82, 2.24) is 0 Å². The van der Waals surface area contributed by atoms with E-state index in [-0.39, 0.29) is 0 Å². The van der Waals surface area contributed by atoms with E-state index in [4.69, 9.17) is 4.74 Å². The monoisotopic (exact) mass is 224 g/mol. The Balaban J connectivity index is 2.08. The molecule has 1 heteroatoms. The van der Waals surface area contributed by atoms with Gasteiger partial charge in [-0.25, -0.2) is 0 Å². The lowest BCUT2D eigenvalue weighted by atomic mass is 10.1. The first-order chi connectivity index (χ1) is 8.27. The van der Waals surface area contributed by atoms with Crippen LogP contribution in [0.25, 0.3) is 6.08 Å². The van der Waals surface area contributed by atoms with E-state index in [1.165, 1.54) is 11.1 Å². The molecule has 0 unspecified atom stereocenters. The largest absolute Gasteiger partial charge is 0.465 e. The molecule has 0 fully saturated rings. The van der Waals surface area contributed by atoms with E-state index in [0.29, 0.717) is 0 Å². The maximum absolute atomic E-state index is 5.64. The minimum atomic E-state index is 0.914. The number of aryl methyl sites for hydroxylation is 1. The summed E-state index contributed by atoms with van der Waals surface area (Å²) in [5.74, 6) is 0.914. The zero-order valence-corrected chi connectivity index (χ0v) is 10.2. The molecular formula is C16H16O. The van der Waals surface area contributed by atoms with Crippen molar-refractivity contribution < 1.29 is 4.74 Å². The van der Waals surface area contributed by atoms with E-state index >= 15 is 0 Å². The van der Waals surface area contributed by atoms with Crippen molar-refractivity contribution in [3.63, 3.8) is 0 Å². The van der Waals surface area contributed by atoms with Gasteiger partial charge in [0.1, 0.15) is 5.75 Å². The molecule has 2 aromatic rings. The Morgan fingerprint density at radius 1 is 0.882 bits per heavy atom. The van der Waals surface area contributed by atoms with Crippen LogP contribution in [-0.4, -0.2) is 0 Å². The van der Waals surface area contributed by atoms with Gasteiger partial charge in [0.15, 0.2) is 0 Å². The predicted octanol–water partition coefficient (Wildman–Crippen LogP) is 4.35. The first kappa shape index (κ1) is 11.5. The second-order valence-electron chi connectivity index (χ2n) is 4.03. The van der Waals surface area contributed by atoms with Crippen molar-refractivity contribution in [2.45, 2.75) is 13.8 Å². The van der Waals surface area contributed by atoms with Gasteiger partial charge in [0.05, 0.1) is 6.26 Å². The van der Waals surface area contributed by atoms with Crippen LogP contribution in [0.3, 0.4) is 0 Å². The van der Waals surface area contributed by atoms with Crippen LogP contribution < -0.4 is 4.74 Å². The molecule has 0 aliphatic carbocycles. The number of ether oxygens (including phenoxy) is 1. The maximum atomic E-state index is 5.64. The molecule has 0 aliphatic rings. The Morgan fingerprint density at radius 2 is 1.65 bits per heavy atom. The maximum Gasteiger partial charge on any atom is 0.129 e. The van der Waals surface area contributed by atoms with Crippen LogP contribution in [0.4, 0.5) is 0 Å². The van der Waals surface area contributed by atoms with Gasteiger partial charge >= 0.3 is 0 Å². The summed E-state index contributed by atoms with van der Waals surface area (Å²) in [4.78, 5) is 0. The van der Waals surface area contributed by atoms with Crippen molar-refractivity contribution in [2.24, 2.45) is 0 Å². The summed E-state index contributed by atoms with van der Waals surface area (Å²) in [5.41, 5.74) is 3.57. The standard InChI is InChI=1S/C16H16O/c1-13-7-6-10-16(14(13)2)17-12-11-15-8-4-3-5-9-15/h3-12H,1-2H3. The van der Waals surface area contributed by atoms with E-state index < -0.39 is 0 Å². The smallest absolute Gasteiger partial charge is 0.129 e. The van der Waals surface area contributed by atoms with Gasteiger partial charge in [-0.05, 0) is 42.7 Å². The average molecular weight is 224 g/mol. The van der Waals surface area contributed by atoms with Crippen molar-refractivity contribution in [2.75, 3.05) is 0 Å². The van der Waals surface area contributed by atoms with E-state index in [0.717, 1.165) is 11.3 Å². The van der Waals surface area contributed by atoms with Gasteiger partial charge in [0, 0.05) is 0 Å². The summed E-state index contributed by atoms with van der Waals surface area (Å²) in [6.45, 7) is 4.16. The molecule has 0 radical (unpaired) electrons. The molecule has 0 amide bonds. The Bertz CT molecular complexity index is 512. The van der Waals surface area contributed by atoms with Gasteiger partial charge in [-0.15, -0.1) is 0 Å². The highest BCUT2D eigenvalue weighted by atomic mass is 16.5. The molecule has 0 aromatic heterocycles. The highest BCUT2D eigenvalue weighted by Gasteiger charge is 1.99. The molecule has 0 saturated carbocycles. The molecular weight excluding hydrogens is 208 g/mol. The Morgan fingerprint density at radius 3 is 2.41 bits per heavy atom.